The van der Waals surface area contributed by atoms with E-state index in [1.807, 2.05) is 12.1 Å². The number of esters is 1. The standard InChI is InChI=1S/C16H10F2N2O2S/c17-10-4-5-12(13(18)7-10)16(21)22-8-11-9-23-15(20-11)14-3-1-2-6-19-14/h1-7,9H,8H2. The van der Waals surface area contributed by atoms with Gasteiger partial charge in [-0.05, 0) is 24.3 Å². The average molecular weight is 332 g/mol. The van der Waals surface area contributed by atoms with E-state index < -0.39 is 17.6 Å². The lowest BCUT2D eigenvalue weighted by molar-refractivity contribution is 0.0463. The molecule has 0 bridgehead atoms. The maximum atomic E-state index is 13.5. The summed E-state index contributed by atoms with van der Waals surface area (Å²) in [6.07, 6.45) is 1.66. The van der Waals surface area contributed by atoms with Gasteiger partial charge in [-0.1, -0.05) is 6.07 Å². The van der Waals surface area contributed by atoms with E-state index in [9.17, 15) is 13.6 Å². The highest BCUT2D eigenvalue weighted by molar-refractivity contribution is 7.13. The van der Waals surface area contributed by atoms with Gasteiger partial charge in [-0.25, -0.2) is 18.6 Å². The smallest absolute Gasteiger partial charge is 0.341 e. The minimum Gasteiger partial charge on any atom is -0.455 e. The first-order valence-electron chi connectivity index (χ1n) is 6.61. The number of pyridine rings is 1. The highest BCUT2D eigenvalue weighted by Gasteiger charge is 2.15. The Labute approximate surface area is 134 Å². The summed E-state index contributed by atoms with van der Waals surface area (Å²) in [5.74, 6) is -2.57. The van der Waals surface area contributed by atoms with Gasteiger partial charge in [0.25, 0.3) is 0 Å². The zero-order chi connectivity index (χ0) is 16.2. The van der Waals surface area contributed by atoms with Gasteiger partial charge in [0.2, 0.25) is 0 Å². The Hall–Kier alpha value is -2.67. The molecule has 0 N–H and O–H groups in total. The molecular weight excluding hydrogens is 322 g/mol. The number of nitrogens with zero attached hydrogens (tertiary/aromatic N) is 2. The first kappa shape index (κ1) is 15.2. The third kappa shape index (κ3) is 3.57. The maximum Gasteiger partial charge on any atom is 0.341 e. The van der Waals surface area contributed by atoms with Crippen LogP contribution in [-0.2, 0) is 11.3 Å². The van der Waals surface area contributed by atoms with Crippen LogP contribution >= 0.6 is 11.3 Å². The number of benzene rings is 1. The van der Waals surface area contributed by atoms with Gasteiger partial charge in [-0.2, -0.15) is 0 Å². The molecule has 2 heterocycles. The fourth-order valence-corrected chi connectivity index (χ4v) is 2.63. The predicted molar refractivity (Wildman–Crippen MR) is 80.8 cm³/mol. The summed E-state index contributed by atoms with van der Waals surface area (Å²) in [5, 5.41) is 2.43. The average Bonchev–Trinajstić information content (AvgIpc) is 3.02. The predicted octanol–water partition coefficient (Wildman–Crippen LogP) is 3.84. The summed E-state index contributed by atoms with van der Waals surface area (Å²) in [7, 11) is 0. The van der Waals surface area contributed by atoms with E-state index in [0.717, 1.165) is 17.8 Å². The van der Waals surface area contributed by atoms with Crippen molar-refractivity contribution in [3.63, 3.8) is 0 Å². The summed E-state index contributed by atoms with van der Waals surface area (Å²) in [4.78, 5) is 20.3. The molecule has 3 rings (SSSR count). The second kappa shape index (κ2) is 6.62. The van der Waals surface area contributed by atoms with Crippen molar-refractivity contribution >= 4 is 17.3 Å². The van der Waals surface area contributed by atoms with Crippen LogP contribution in [0.25, 0.3) is 10.7 Å². The molecule has 3 aromatic rings. The van der Waals surface area contributed by atoms with E-state index in [2.05, 4.69) is 9.97 Å². The van der Waals surface area contributed by atoms with Crippen LogP contribution < -0.4 is 0 Å². The first-order valence-corrected chi connectivity index (χ1v) is 7.49. The highest BCUT2D eigenvalue weighted by atomic mass is 32.1. The number of aromatic nitrogens is 2. The SMILES string of the molecule is O=C(OCc1csc(-c2ccccn2)n1)c1ccc(F)cc1F. The van der Waals surface area contributed by atoms with Gasteiger partial charge < -0.3 is 4.74 Å². The molecule has 0 amide bonds. The number of carbonyl (C=O) groups excluding carboxylic acids is 1. The second-order valence-electron chi connectivity index (χ2n) is 4.56. The molecule has 1 aromatic carbocycles. The highest BCUT2D eigenvalue weighted by Crippen LogP contribution is 2.22. The minimum atomic E-state index is -0.956. The molecule has 0 unspecified atom stereocenters. The quantitative estimate of drug-likeness (QED) is 0.681. The third-order valence-corrected chi connectivity index (χ3v) is 3.85. The molecule has 0 saturated carbocycles. The monoisotopic (exact) mass is 332 g/mol. The van der Waals surface area contributed by atoms with Gasteiger partial charge in [0.15, 0.2) is 0 Å². The molecule has 0 atom stereocenters. The topological polar surface area (TPSA) is 52.1 Å². The molecule has 0 aliphatic rings. The van der Waals surface area contributed by atoms with Crippen molar-refractivity contribution in [3.05, 3.63) is 70.9 Å². The van der Waals surface area contributed by atoms with Gasteiger partial charge >= 0.3 is 5.97 Å². The Balaban J connectivity index is 1.67. The van der Waals surface area contributed by atoms with Crippen molar-refractivity contribution in [2.24, 2.45) is 0 Å². The van der Waals surface area contributed by atoms with Crippen LogP contribution in [-0.4, -0.2) is 15.9 Å². The van der Waals surface area contributed by atoms with E-state index in [0.29, 0.717) is 16.8 Å². The summed E-state index contributed by atoms with van der Waals surface area (Å²) >= 11 is 1.37. The Bertz CT molecular complexity index is 837. The van der Waals surface area contributed by atoms with Crippen LogP contribution in [0.4, 0.5) is 8.78 Å². The molecule has 4 nitrogen and oxygen atoms in total. The number of hydrogen-bond donors (Lipinski definition) is 0. The third-order valence-electron chi connectivity index (χ3n) is 2.94. The van der Waals surface area contributed by atoms with Crippen LogP contribution in [0.1, 0.15) is 16.1 Å². The Morgan fingerprint density at radius 1 is 1.22 bits per heavy atom. The van der Waals surface area contributed by atoms with Gasteiger partial charge in [0, 0.05) is 17.6 Å². The molecule has 0 saturated heterocycles. The first-order chi connectivity index (χ1) is 11.1. The lowest BCUT2D eigenvalue weighted by Crippen LogP contribution is -2.08. The van der Waals surface area contributed by atoms with Crippen molar-refractivity contribution < 1.29 is 18.3 Å². The van der Waals surface area contributed by atoms with Crippen LogP contribution in [0, 0.1) is 11.6 Å². The van der Waals surface area contributed by atoms with Crippen LogP contribution in [0.3, 0.4) is 0 Å². The number of thiazole rings is 1. The summed E-state index contributed by atoms with van der Waals surface area (Å²) in [6, 6.07) is 8.16. The molecule has 2 aromatic heterocycles. The lowest BCUT2D eigenvalue weighted by Gasteiger charge is -2.04. The molecule has 7 heteroatoms. The van der Waals surface area contributed by atoms with E-state index in [-0.39, 0.29) is 12.2 Å². The fourth-order valence-electron chi connectivity index (χ4n) is 1.85. The Kier molecular flexibility index (Phi) is 4.38. The van der Waals surface area contributed by atoms with E-state index in [4.69, 9.17) is 4.74 Å². The van der Waals surface area contributed by atoms with Crippen LogP contribution in [0.15, 0.2) is 48.0 Å². The molecule has 0 aliphatic heterocycles. The number of ether oxygens (including phenoxy) is 1. The van der Waals surface area contributed by atoms with Gasteiger partial charge in [-0.15, -0.1) is 11.3 Å². The molecule has 0 fully saturated rings. The molecule has 23 heavy (non-hydrogen) atoms. The van der Waals surface area contributed by atoms with E-state index in [1.54, 1.807) is 17.6 Å². The molecule has 116 valence electrons. The van der Waals surface area contributed by atoms with E-state index >= 15 is 0 Å². The summed E-state index contributed by atoms with van der Waals surface area (Å²) in [6.45, 7) is -0.0982. The number of halogens is 2. The zero-order valence-corrected chi connectivity index (χ0v) is 12.5. The largest absolute Gasteiger partial charge is 0.455 e. The van der Waals surface area contributed by atoms with Crippen molar-refractivity contribution in [1.82, 2.24) is 9.97 Å². The van der Waals surface area contributed by atoms with Crippen molar-refractivity contribution in [1.29, 1.82) is 0 Å². The van der Waals surface area contributed by atoms with Crippen molar-refractivity contribution in [3.8, 4) is 10.7 Å². The number of rotatable bonds is 4. The minimum absolute atomic E-state index is 0.0982. The second-order valence-corrected chi connectivity index (χ2v) is 5.42. The van der Waals surface area contributed by atoms with Crippen molar-refractivity contribution in [2.75, 3.05) is 0 Å². The summed E-state index contributed by atoms with van der Waals surface area (Å²) < 4.78 is 31.3. The number of carbonyl (C=O) groups is 1. The van der Waals surface area contributed by atoms with Gasteiger partial charge in [0.1, 0.15) is 23.2 Å². The normalized spacial score (nSPS) is 10.5. The lowest BCUT2D eigenvalue weighted by atomic mass is 10.2. The molecular formula is C16H10F2N2O2S. The number of hydrogen-bond acceptors (Lipinski definition) is 5. The summed E-state index contributed by atoms with van der Waals surface area (Å²) in [5.41, 5.74) is 0.942. The van der Waals surface area contributed by atoms with E-state index in [1.165, 1.54) is 11.3 Å². The molecule has 0 radical (unpaired) electrons. The van der Waals surface area contributed by atoms with Gasteiger partial charge in [0.05, 0.1) is 17.0 Å². The Morgan fingerprint density at radius 3 is 2.83 bits per heavy atom. The van der Waals surface area contributed by atoms with Crippen molar-refractivity contribution in [2.45, 2.75) is 6.61 Å². The molecule has 0 spiro atoms. The van der Waals surface area contributed by atoms with Crippen LogP contribution in [0.5, 0.6) is 0 Å². The zero-order valence-electron chi connectivity index (χ0n) is 11.7. The van der Waals surface area contributed by atoms with Gasteiger partial charge in [-0.3, -0.25) is 4.98 Å². The maximum absolute atomic E-state index is 13.5. The molecule has 0 aliphatic carbocycles. The Morgan fingerprint density at radius 2 is 2.09 bits per heavy atom. The van der Waals surface area contributed by atoms with Crippen LogP contribution in [0.2, 0.25) is 0 Å². The fraction of sp³-hybridized carbons (Fsp3) is 0.0625.